The van der Waals surface area contributed by atoms with Gasteiger partial charge < -0.3 is 15.4 Å². The summed E-state index contributed by atoms with van der Waals surface area (Å²) >= 11 is 0. The number of hydrogen-bond donors (Lipinski definition) is 2. The molecule has 96 valence electrons. The summed E-state index contributed by atoms with van der Waals surface area (Å²) < 4.78 is 5.14. The molecule has 0 bridgehead atoms. The second kappa shape index (κ2) is 6.58. The van der Waals surface area contributed by atoms with Crippen molar-refractivity contribution in [3.8, 4) is 0 Å². The number of rotatable bonds is 7. The van der Waals surface area contributed by atoms with Crippen LogP contribution in [-0.4, -0.2) is 39.9 Å². The van der Waals surface area contributed by atoms with Crippen molar-refractivity contribution in [2.24, 2.45) is 17.3 Å². The largest absolute Gasteiger partial charge is 0.385 e. The van der Waals surface area contributed by atoms with Crippen LogP contribution in [0, 0.1) is 17.3 Å². The van der Waals surface area contributed by atoms with E-state index in [1.807, 2.05) is 0 Å². The summed E-state index contributed by atoms with van der Waals surface area (Å²) in [6, 6.07) is 0. The number of ether oxygens (including phenoxy) is 1. The third kappa shape index (κ3) is 4.81. The van der Waals surface area contributed by atoms with E-state index in [0.717, 1.165) is 38.0 Å². The molecule has 1 rings (SSSR count). The minimum Gasteiger partial charge on any atom is -0.385 e. The maximum Gasteiger partial charge on any atom is 0.0467 e. The van der Waals surface area contributed by atoms with Crippen molar-refractivity contribution in [2.75, 3.05) is 39.9 Å². The molecule has 0 aromatic heterocycles. The van der Waals surface area contributed by atoms with Gasteiger partial charge in [0.1, 0.15) is 0 Å². The van der Waals surface area contributed by atoms with Gasteiger partial charge in [-0.1, -0.05) is 20.8 Å². The van der Waals surface area contributed by atoms with Gasteiger partial charge in [0.2, 0.25) is 0 Å². The van der Waals surface area contributed by atoms with Crippen LogP contribution < -0.4 is 10.6 Å². The van der Waals surface area contributed by atoms with Crippen molar-refractivity contribution < 1.29 is 4.74 Å². The average Bonchev–Trinajstić information content (AvgIpc) is 2.62. The van der Waals surface area contributed by atoms with Crippen LogP contribution in [0.4, 0.5) is 0 Å². The Bertz CT molecular complexity index is 194. The van der Waals surface area contributed by atoms with E-state index in [1.54, 1.807) is 7.11 Å². The number of hydrogen-bond acceptors (Lipinski definition) is 3. The quantitative estimate of drug-likeness (QED) is 0.693. The van der Waals surface area contributed by atoms with Crippen molar-refractivity contribution in [1.29, 1.82) is 0 Å². The van der Waals surface area contributed by atoms with E-state index in [1.165, 1.54) is 13.1 Å². The Kier molecular flexibility index (Phi) is 5.73. The lowest BCUT2D eigenvalue weighted by Gasteiger charge is -2.26. The van der Waals surface area contributed by atoms with E-state index < -0.39 is 0 Å². The summed E-state index contributed by atoms with van der Waals surface area (Å²) in [7, 11) is 1.77. The monoisotopic (exact) mass is 228 g/mol. The molecule has 3 heteroatoms. The molecule has 16 heavy (non-hydrogen) atoms. The van der Waals surface area contributed by atoms with Gasteiger partial charge >= 0.3 is 0 Å². The first-order valence-electron chi connectivity index (χ1n) is 6.45. The summed E-state index contributed by atoms with van der Waals surface area (Å²) in [5.41, 5.74) is 0.339. The fourth-order valence-corrected chi connectivity index (χ4v) is 2.20. The third-order valence-corrected chi connectivity index (χ3v) is 3.67. The van der Waals surface area contributed by atoms with Gasteiger partial charge in [0.05, 0.1) is 0 Å². The number of nitrogens with one attached hydrogen (secondary N) is 2. The van der Waals surface area contributed by atoms with Gasteiger partial charge in [-0.05, 0) is 43.3 Å². The van der Waals surface area contributed by atoms with E-state index in [9.17, 15) is 0 Å². The molecule has 0 amide bonds. The Balaban J connectivity index is 2.13. The molecule has 3 nitrogen and oxygen atoms in total. The molecule has 0 aromatic rings. The Morgan fingerprint density at radius 1 is 1.38 bits per heavy atom. The van der Waals surface area contributed by atoms with Crippen LogP contribution in [0.3, 0.4) is 0 Å². The van der Waals surface area contributed by atoms with E-state index in [2.05, 4.69) is 31.4 Å². The molecule has 1 saturated heterocycles. The minimum absolute atomic E-state index is 0.339. The van der Waals surface area contributed by atoms with Crippen LogP contribution in [-0.2, 0) is 4.74 Å². The molecule has 0 aromatic carbocycles. The molecule has 0 aliphatic carbocycles. The van der Waals surface area contributed by atoms with Crippen LogP contribution in [0.25, 0.3) is 0 Å². The van der Waals surface area contributed by atoms with Crippen LogP contribution in [0.1, 0.15) is 27.2 Å². The maximum atomic E-state index is 5.14. The molecule has 2 N–H and O–H groups in total. The normalized spacial score (nSPS) is 26.2. The van der Waals surface area contributed by atoms with Gasteiger partial charge in [-0.2, -0.15) is 0 Å². The molecule has 1 heterocycles. The maximum absolute atomic E-state index is 5.14. The van der Waals surface area contributed by atoms with Crippen LogP contribution in [0.2, 0.25) is 0 Å². The lowest BCUT2D eigenvalue weighted by Crippen LogP contribution is -2.35. The first-order valence-corrected chi connectivity index (χ1v) is 6.45. The highest BCUT2D eigenvalue weighted by molar-refractivity contribution is 4.80. The molecule has 2 unspecified atom stereocenters. The minimum atomic E-state index is 0.339. The second-order valence-electron chi connectivity index (χ2n) is 5.93. The van der Waals surface area contributed by atoms with E-state index >= 15 is 0 Å². The zero-order chi connectivity index (χ0) is 12.0. The smallest absolute Gasteiger partial charge is 0.0467 e. The molecular weight excluding hydrogens is 200 g/mol. The highest BCUT2D eigenvalue weighted by atomic mass is 16.5. The Morgan fingerprint density at radius 2 is 2.12 bits per heavy atom. The van der Waals surface area contributed by atoms with Gasteiger partial charge in [0, 0.05) is 20.3 Å². The van der Waals surface area contributed by atoms with Gasteiger partial charge in [-0.3, -0.25) is 0 Å². The highest BCUT2D eigenvalue weighted by Crippen LogP contribution is 2.20. The first-order chi connectivity index (χ1) is 7.55. The predicted molar refractivity (Wildman–Crippen MR) is 68.7 cm³/mol. The molecule has 0 spiro atoms. The molecule has 1 aliphatic heterocycles. The summed E-state index contributed by atoms with van der Waals surface area (Å²) in [5, 5.41) is 7.06. The Morgan fingerprint density at radius 3 is 2.69 bits per heavy atom. The molecular formula is C13H28N2O. The average molecular weight is 228 g/mol. The van der Waals surface area contributed by atoms with Crippen molar-refractivity contribution >= 4 is 0 Å². The Labute approximate surface area is 100 Å². The lowest BCUT2D eigenvalue weighted by molar-refractivity contribution is 0.150. The van der Waals surface area contributed by atoms with Gasteiger partial charge in [0.25, 0.3) is 0 Å². The number of methoxy groups -OCH3 is 1. The molecule has 2 atom stereocenters. The zero-order valence-corrected chi connectivity index (χ0v) is 11.3. The Hall–Kier alpha value is -0.120. The fourth-order valence-electron chi connectivity index (χ4n) is 2.20. The van der Waals surface area contributed by atoms with Crippen molar-refractivity contribution in [3.05, 3.63) is 0 Å². The van der Waals surface area contributed by atoms with Crippen LogP contribution >= 0.6 is 0 Å². The second-order valence-corrected chi connectivity index (χ2v) is 5.93. The van der Waals surface area contributed by atoms with E-state index in [0.29, 0.717) is 5.41 Å². The van der Waals surface area contributed by atoms with E-state index in [-0.39, 0.29) is 0 Å². The van der Waals surface area contributed by atoms with Crippen LogP contribution in [0.15, 0.2) is 0 Å². The van der Waals surface area contributed by atoms with Crippen molar-refractivity contribution in [1.82, 2.24) is 10.6 Å². The molecule has 0 saturated carbocycles. The molecule has 1 fully saturated rings. The van der Waals surface area contributed by atoms with Gasteiger partial charge in [0.15, 0.2) is 0 Å². The van der Waals surface area contributed by atoms with Crippen molar-refractivity contribution in [3.63, 3.8) is 0 Å². The standard InChI is InChI=1S/C13H28N2O/c1-11-7-14-8-12(11)9-15-10-13(2,3)5-6-16-4/h11-12,14-15H,5-10H2,1-4H3. The highest BCUT2D eigenvalue weighted by Gasteiger charge is 2.23. The molecule has 0 radical (unpaired) electrons. The predicted octanol–water partition coefficient (Wildman–Crippen LogP) is 1.49. The topological polar surface area (TPSA) is 33.3 Å². The summed E-state index contributed by atoms with van der Waals surface area (Å²) in [5.74, 6) is 1.62. The van der Waals surface area contributed by atoms with Gasteiger partial charge in [-0.25, -0.2) is 0 Å². The summed E-state index contributed by atoms with van der Waals surface area (Å²) in [6.45, 7) is 12.4. The zero-order valence-electron chi connectivity index (χ0n) is 11.3. The third-order valence-electron chi connectivity index (χ3n) is 3.67. The van der Waals surface area contributed by atoms with Crippen LogP contribution in [0.5, 0.6) is 0 Å². The lowest BCUT2D eigenvalue weighted by atomic mass is 9.89. The summed E-state index contributed by atoms with van der Waals surface area (Å²) in [6.07, 6.45) is 1.12. The first kappa shape index (κ1) is 13.9. The van der Waals surface area contributed by atoms with E-state index in [4.69, 9.17) is 4.74 Å². The van der Waals surface area contributed by atoms with Gasteiger partial charge in [-0.15, -0.1) is 0 Å². The summed E-state index contributed by atoms with van der Waals surface area (Å²) in [4.78, 5) is 0. The SMILES string of the molecule is COCCC(C)(C)CNCC1CNCC1C. The fraction of sp³-hybridized carbons (Fsp3) is 1.00. The van der Waals surface area contributed by atoms with Crippen molar-refractivity contribution in [2.45, 2.75) is 27.2 Å². The molecule has 1 aliphatic rings.